The maximum Gasteiger partial charge on any atom is 0.200 e. The van der Waals surface area contributed by atoms with E-state index in [0.29, 0.717) is 0 Å². The minimum Gasteiger partial charge on any atom is -0.348 e. The molecule has 0 aliphatic rings. The summed E-state index contributed by atoms with van der Waals surface area (Å²) in [5, 5.41) is 0. The Morgan fingerprint density at radius 3 is 1.28 bits per heavy atom. The van der Waals surface area contributed by atoms with E-state index < -0.39 is 28.5 Å². The molecule has 9 heteroatoms. The molecule has 0 aliphatic carbocycles. The summed E-state index contributed by atoms with van der Waals surface area (Å²) < 4.78 is 22.1. The zero-order valence-corrected chi connectivity index (χ0v) is 22.2. The van der Waals surface area contributed by atoms with Crippen molar-refractivity contribution in [3.05, 3.63) is 0 Å². The molecule has 4 nitrogen and oxygen atoms in total. The molecule has 0 aliphatic heterocycles. The van der Waals surface area contributed by atoms with Gasteiger partial charge in [-0.3, -0.25) is 0 Å². The van der Waals surface area contributed by atoms with Gasteiger partial charge in [-0.05, 0) is 31.4 Å². The van der Waals surface area contributed by atoms with Gasteiger partial charge in [0.05, 0.1) is 0 Å². The molecule has 0 heterocycles. The molecule has 0 atom stereocenters. The van der Waals surface area contributed by atoms with Crippen molar-refractivity contribution in [3.8, 4) is 0 Å². The molecule has 0 radical (unpaired) electrons. The van der Waals surface area contributed by atoms with Gasteiger partial charge < -0.3 is 18.9 Å². The largest absolute Gasteiger partial charge is 0.348 e. The van der Waals surface area contributed by atoms with Crippen LogP contribution in [0.1, 0.15) is 52.4 Å². The van der Waals surface area contributed by atoms with Gasteiger partial charge in [0.1, 0.15) is 19.0 Å². The monoisotopic (exact) mass is 446 g/mol. The van der Waals surface area contributed by atoms with Crippen LogP contribution < -0.4 is 0 Å². The first-order valence-corrected chi connectivity index (χ1v) is 16.2. The summed E-state index contributed by atoms with van der Waals surface area (Å²) in [6, 6.07) is 2.50. The van der Waals surface area contributed by atoms with Crippen LogP contribution in [0.3, 0.4) is 0 Å². The van der Waals surface area contributed by atoms with Crippen LogP contribution >= 0.6 is 31.4 Å². The summed E-state index contributed by atoms with van der Waals surface area (Å²) in [5.74, 6) is 0. The minimum absolute atomic E-state index is 0.456. The van der Waals surface area contributed by atoms with Gasteiger partial charge in [0, 0.05) is 28.4 Å². The van der Waals surface area contributed by atoms with Crippen LogP contribution in [0.2, 0.25) is 12.1 Å². The molecular formula is C16H38O4S3Si2. The molecule has 0 spiro atoms. The van der Waals surface area contributed by atoms with Crippen LogP contribution in [-0.2, 0) is 18.9 Å². The lowest BCUT2D eigenvalue weighted by molar-refractivity contribution is -0.0728. The molecule has 0 fully saturated rings. The second-order valence-corrected chi connectivity index (χ2v) is 15.7. The Morgan fingerprint density at radius 1 is 0.640 bits per heavy atom. The van der Waals surface area contributed by atoms with Crippen molar-refractivity contribution < 1.29 is 18.9 Å². The molecule has 0 saturated heterocycles. The van der Waals surface area contributed by atoms with E-state index in [9.17, 15) is 0 Å². The highest BCUT2D eigenvalue weighted by Crippen LogP contribution is 2.49. The maximum absolute atomic E-state index is 5.76. The van der Waals surface area contributed by atoms with E-state index in [4.69, 9.17) is 18.9 Å². The molecule has 0 rings (SSSR count). The van der Waals surface area contributed by atoms with E-state index in [1.54, 1.807) is 59.9 Å². The molecule has 0 saturated carbocycles. The third-order valence-electron chi connectivity index (χ3n) is 4.24. The van der Waals surface area contributed by atoms with Crippen molar-refractivity contribution in [1.29, 1.82) is 0 Å². The van der Waals surface area contributed by atoms with Crippen LogP contribution in [0.4, 0.5) is 0 Å². The fraction of sp³-hybridized carbons (Fsp3) is 1.00. The number of methoxy groups -OCH3 is 4. The Kier molecular flexibility index (Phi) is 17.2. The van der Waals surface area contributed by atoms with Crippen LogP contribution in [-0.4, -0.2) is 57.0 Å². The van der Waals surface area contributed by atoms with Gasteiger partial charge >= 0.3 is 0 Å². The fourth-order valence-electron chi connectivity index (χ4n) is 2.45. The second-order valence-electron chi connectivity index (χ2n) is 6.04. The average Bonchev–Trinajstić information content (AvgIpc) is 2.66. The Labute approximate surface area is 171 Å². The number of hydrogen-bond acceptors (Lipinski definition) is 7. The predicted molar refractivity (Wildman–Crippen MR) is 122 cm³/mol. The number of hydrogen-bond donors (Lipinski definition) is 0. The van der Waals surface area contributed by atoms with Gasteiger partial charge in [0.2, 0.25) is 0 Å². The maximum atomic E-state index is 5.76. The van der Waals surface area contributed by atoms with E-state index in [1.165, 1.54) is 50.6 Å². The first kappa shape index (κ1) is 26.3. The van der Waals surface area contributed by atoms with Gasteiger partial charge in [-0.15, -0.1) is 0 Å². The molecule has 25 heavy (non-hydrogen) atoms. The normalized spacial score (nSPS) is 13.7. The lowest BCUT2D eigenvalue weighted by Crippen LogP contribution is -2.37. The second kappa shape index (κ2) is 16.3. The molecule has 0 aromatic carbocycles. The van der Waals surface area contributed by atoms with Gasteiger partial charge in [0.15, 0.2) is 9.48 Å². The van der Waals surface area contributed by atoms with Gasteiger partial charge in [0.25, 0.3) is 0 Å². The van der Waals surface area contributed by atoms with Crippen molar-refractivity contribution in [3.63, 3.8) is 0 Å². The fourth-order valence-corrected chi connectivity index (χ4v) is 15.2. The Morgan fingerprint density at radius 2 is 1.00 bits per heavy atom. The van der Waals surface area contributed by atoms with Gasteiger partial charge in [-0.1, -0.05) is 64.5 Å². The summed E-state index contributed by atoms with van der Waals surface area (Å²) in [7, 11) is 11.1. The highest BCUT2D eigenvalue weighted by molar-refractivity contribution is 9.10. The van der Waals surface area contributed by atoms with Crippen LogP contribution in [0.5, 0.6) is 0 Å². The van der Waals surface area contributed by atoms with Crippen molar-refractivity contribution in [2.45, 2.75) is 73.9 Å². The highest BCUT2D eigenvalue weighted by Gasteiger charge is 2.35. The Hall–Kier alpha value is 1.32. The molecule has 0 unspecified atom stereocenters. The summed E-state index contributed by atoms with van der Waals surface area (Å²) in [5.41, 5.74) is 0. The zero-order valence-electron chi connectivity index (χ0n) is 16.9. The standard InChI is InChI=1S/C16H38O4S3Si2/c1-7-9-11-13-24-15(17-3,18-4)21-23-22-16(19-5,20-6)25-14-12-10-8-2/h7-14,24-25H2,1-6H3. The molecule has 0 N–H and O–H groups in total. The molecular weight excluding hydrogens is 409 g/mol. The van der Waals surface area contributed by atoms with E-state index in [-0.39, 0.29) is 0 Å². The van der Waals surface area contributed by atoms with E-state index >= 15 is 0 Å². The summed E-state index contributed by atoms with van der Waals surface area (Å²) in [6.07, 6.45) is 7.66. The molecule has 0 aromatic rings. The molecule has 0 bridgehead atoms. The van der Waals surface area contributed by atoms with E-state index in [1.807, 2.05) is 0 Å². The first-order chi connectivity index (χ1) is 12.1. The topological polar surface area (TPSA) is 36.9 Å². The molecule has 152 valence electrons. The van der Waals surface area contributed by atoms with Crippen molar-refractivity contribution >= 4 is 50.5 Å². The predicted octanol–water partition coefficient (Wildman–Crippen LogP) is 4.38. The highest BCUT2D eigenvalue weighted by atomic mass is 33.5. The van der Waals surface area contributed by atoms with Crippen LogP contribution in [0, 0.1) is 0 Å². The Bertz CT molecular complexity index is 279. The summed E-state index contributed by atoms with van der Waals surface area (Å²) in [4.78, 5) is 0. The van der Waals surface area contributed by atoms with Gasteiger partial charge in [-0.25, -0.2) is 0 Å². The van der Waals surface area contributed by atoms with E-state index in [0.717, 1.165) is 0 Å². The number of rotatable bonds is 18. The quantitative estimate of drug-likeness (QED) is 0.134. The Balaban J connectivity index is 4.47. The third kappa shape index (κ3) is 11.0. The van der Waals surface area contributed by atoms with E-state index in [2.05, 4.69) is 13.8 Å². The van der Waals surface area contributed by atoms with Crippen molar-refractivity contribution in [2.24, 2.45) is 0 Å². The van der Waals surface area contributed by atoms with Gasteiger partial charge in [-0.2, -0.15) is 0 Å². The minimum atomic E-state index is -0.487. The van der Waals surface area contributed by atoms with Crippen molar-refractivity contribution in [1.82, 2.24) is 0 Å². The molecule has 0 amide bonds. The SMILES string of the molecule is CCCCC[SiH2]C(OC)(OC)SSSC(OC)(OC)[SiH2]CCCCC. The number of unbranched alkanes of at least 4 members (excludes halogenated alkanes) is 4. The average molecular weight is 447 g/mol. The third-order valence-corrected chi connectivity index (χ3v) is 16.1. The van der Waals surface area contributed by atoms with Crippen LogP contribution in [0.15, 0.2) is 0 Å². The number of ether oxygens (including phenoxy) is 4. The first-order valence-electron chi connectivity index (χ1n) is 9.31. The van der Waals surface area contributed by atoms with Crippen molar-refractivity contribution in [2.75, 3.05) is 28.4 Å². The lowest BCUT2D eigenvalue weighted by atomic mass is 10.3. The smallest absolute Gasteiger partial charge is 0.200 e. The summed E-state index contributed by atoms with van der Waals surface area (Å²) in [6.45, 7) is 4.48. The van der Waals surface area contributed by atoms with Crippen LogP contribution in [0.25, 0.3) is 0 Å². The molecule has 0 aromatic heterocycles. The zero-order chi connectivity index (χ0) is 19.0. The summed E-state index contributed by atoms with van der Waals surface area (Å²) >= 11 is 0. The lowest BCUT2D eigenvalue weighted by Gasteiger charge is -2.32.